The number of carbonyl (C=O) groups is 2. The van der Waals surface area contributed by atoms with E-state index in [1.807, 2.05) is 0 Å². The van der Waals surface area contributed by atoms with Crippen molar-refractivity contribution in [2.45, 2.75) is 42.6 Å². The fourth-order valence-electron chi connectivity index (χ4n) is 3.16. The number of hydrogen-bond donors (Lipinski definition) is 0. The van der Waals surface area contributed by atoms with Gasteiger partial charge >= 0.3 is 0 Å². The van der Waals surface area contributed by atoms with Gasteiger partial charge in [-0.15, -0.1) is 0 Å². The minimum absolute atomic E-state index is 0.230. The summed E-state index contributed by atoms with van der Waals surface area (Å²) in [6.45, 7) is 0. The molecule has 1 aromatic carbocycles. The van der Waals surface area contributed by atoms with Gasteiger partial charge in [-0.3, -0.25) is 9.59 Å². The molecular formula is C15H17NO4S. The summed E-state index contributed by atoms with van der Waals surface area (Å²) in [5, 5.41) is -1.66. The molecule has 2 aliphatic rings. The van der Waals surface area contributed by atoms with E-state index >= 15 is 0 Å². The first-order valence-electron chi connectivity index (χ1n) is 7.16. The number of anilines is 1. The normalized spacial score (nSPS) is 24.0. The molecule has 21 heavy (non-hydrogen) atoms. The van der Waals surface area contributed by atoms with E-state index in [1.165, 1.54) is 0 Å². The van der Waals surface area contributed by atoms with Crippen molar-refractivity contribution in [3.8, 4) is 0 Å². The van der Waals surface area contributed by atoms with Crippen LogP contribution in [0.15, 0.2) is 30.3 Å². The molecule has 1 saturated heterocycles. The van der Waals surface area contributed by atoms with Crippen molar-refractivity contribution in [1.29, 1.82) is 0 Å². The summed E-state index contributed by atoms with van der Waals surface area (Å²) >= 11 is 0. The lowest BCUT2D eigenvalue weighted by Gasteiger charge is -2.17. The predicted molar refractivity (Wildman–Crippen MR) is 78.5 cm³/mol. The van der Waals surface area contributed by atoms with Crippen molar-refractivity contribution < 1.29 is 18.0 Å². The monoisotopic (exact) mass is 307 g/mol. The van der Waals surface area contributed by atoms with Crippen LogP contribution in [-0.2, 0) is 19.4 Å². The highest BCUT2D eigenvalue weighted by atomic mass is 32.2. The Labute approximate surface area is 123 Å². The molecule has 5 nitrogen and oxygen atoms in total. The Kier molecular flexibility index (Phi) is 3.57. The van der Waals surface area contributed by atoms with Gasteiger partial charge in [0.2, 0.25) is 5.91 Å². The third-order valence-electron chi connectivity index (χ3n) is 4.28. The van der Waals surface area contributed by atoms with Gasteiger partial charge in [0, 0.05) is 0 Å². The number of para-hydroxylation sites is 1. The van der Waals surface area contributed by atoms with Gasteiger partial charge < -0.3 is 0 Å². The van der Waals surface area contributed by atoms with Crippen LogP contribution in [-0.4, -0.2) is 30.7 Å². The lowest BCUT2D eigenvalue weighted by molar-refractivity contribution is -0.121. The summed E-state index contributed by atoms with van der Waals surface area (Å²) < 4.78 is 25.1. The molecular weight excluding hydrogens is 290 g/mol. The van der Waals surface area contributed by atoms with Crippen LogP contribution in [0.3, 0.4) is 0 Å². The lowest BCUT2D eigenvalue weighted by atomic mass is 10.3. The standard InChI is InChI=1S/C15H17NO4S/c17-14-10-13(21(19,20)12-8-4-5-9-12)15(18)16(14)11-6-2-1-3-7-11/h1-3,6-7,12-13H,4-5,8-10H2. The van der Waals surface area contributed by atoms with Crippen LogP contribution in [0.1, 0.15) is 32.1 Å². The van der Waals surface area contributed by atoms with Gasteiger partial charge in [-0.05, 0) is 25.0 Å². The quantitative estimate of drug-likeness (QED) is 0.796. The molecule has 2 amide bonds. The summed E-state index contributed by atoms with van der Waals surface area (Å²) in [7, 11) is -3.57. The van der Waals surface area contributed by atoms with Gasteiger partial charge in [-0.25, -0.2) is 13.3 Å². The van der Waals surface area contributed by atoms with Gasteiger partial charge in [0.1, 0.15) is 5.25 Å². The Morgan fingerprint density at radius 3 is 2.24 bits per heavy atom. The van der Waals surface area contributed by atoms with Crippen LogP contribution >= 0.6 is 0 Å². The van der Waals surface area contributed by atoms with E-state index in [0.29, 0.717) is 18.5 Å². The fourth-order valence-corrected chi connectivity index (χ4v) is 5.37. The van der Waals surface area contributed by atoms with E-state index in [0.717, 1.165) is 17.7 Å². The second-order valence-corrected chi connectivity index (χ2v) is 8.00. The molecule has 0 spiro atoms. The van der Waals surface area contributed by atoms with Crippen LogP contribution in [0.2, 0.25) is 0 Å². The molecule has 1 aromatic rings. The smallest absolute Gasteiger partial charge is 0.252 e. The predicted octanol–water partition coefficient (Wildman–Crippen LogP) is 1.68. The molecule has 1 unspecified atom stereocenters. The van der Waals surface area contributed by atoms with Crippen LogP contribution < -0.4 is 4.90 Å². The molecule has 6 heteroatoms. The SMILES string of the molecule is O=C1CC(S(=O)(=O)C2CCCC2)C(=O)N1c1ccccc1. The summed E-state index contributed by atoms with van der Waals surface area (Å²) in [5.41, 5.74) is 0.441. The highest BCUT2D eigenvalue weighted by Gasteiger charge is 2.49. The van der Waals surface area contributed by atoms with E-state index in [1.54, 1.807) is 30.3 Å². The second kappa shape index (κ2) is 5.26. The lowest BCUT2D eigenvalue weighted by Crippen LogP contribution is -2.38. The van der Waals surface area contributed by atoms with Crippen LogP contribution in [0.25, 0.3) is 0 Å². The Bertz CT molecular complexity index is 662. The summed E-state index contributed by atoms with van der Waals surface area (Å²) in [4.78, 5) is 25.6. The van der Waals surface area contributed by atoms with Gasteiger partial charge in [0.25, 0.3) is 5.91 Å². The first kappa shape index (κ1) is 14.3. The van der Waals surface area contributed by atoms with Gasteiger partial charge in [0.15, 0.2) is 9.84 Å². The van der Waals surface area contributed by atoms with E-state index in [-0.39, 0.29) is 6.42 Å². The van der Waals surface area contributed by atoms with Crippen molar-refractivity contribution in [2.24, 2.45) is 0 Å². The van der Waals surface area contributed by atoms with Crippen LogP contribution in [0, 0.1) is 0 Å². The average Bonchev–Trinajstić information content (AvgIpc) is 3.09. The summed E-state index contributed by atoms with van der Waals surface area (Å²) in [5.74, 6) is -1.03. The molecule has 0 radical (unpaired) electrons. The molecule has 1 heterocycles. The van der Waals surface area contributed by atoms with Crippen molar-refractivity contribution >= 4 is 27.3 Å². The maximum atomic E-state index is 12.6. The Morgan fingerprint density at radius 2 is 1.62 bits per heavy atom. The second-order valence-electron chi connectivity index (χ2n) is 5.59. The largest absolute Gasteiger partial charge is 0.274 e. The third-order valence-corrected chi connectivity index (χ3v) is 6.85. The van der Waals surface area contributed by atoms with Crippen molar-refractivity contribution in [2.75, 3.05) is 4.90 Å². The molecule has 0 aromatic heterocycles. The van der Waals surface area contributed by atoms with E-state index in [2.05, 4.69) is 0 Å². The molecule has 0 N–H and O–H groups in total. The van der Waals surface area contributed by atoms with Crippen LogP contribution in [0.4, 0.5) is 5.69 Å². The molecule has 2 fully saturated rings. The number of sulfone groups is 1. The Hall–Kier alpha value is -1.69. The number of amides is 2. The topological polar surface area (TPSA) is 71.5 Å². The Morgan fingerprint density at radius 1 is 1.00 bits per heavy atom. The van der Waals surface area contributed by atoms with Crippen LogP contribution in [0.5, 0.6) is 0 Å². The molecule has 112 valence electrons. The Balaban J connectivity index is 1.90. The molecule has 1 aliphatic heterocycles. The van der Waals surface area contributed by atoms with Gasteiger partial charge in [-0.2, -0.15) is 0 Å². The summed E-state index contributed by atoms with van der Waals surface area (Å²) in [6.07, 6.45) is 2.73. The zero-order chi connectivity index (χ0) is 15.0. The number of carbonyl (C=O) groups excluding carboxylic acids is 2. The first-order valence-corrected chi connectivity index (χ1v) is 8.77. The van der Waals surface area contributed by atoms with E-state index < -0.39 is 32.2 Å². The third kappa shape index (κ3) is 2.37. The van der Waals surface area contributed by atoms with Crippen molar-refractivity contribution in [3.63, 3.8) is 0 Å². The number of hydrogen-bond acceptors (Lipinski definition) is 4. The zero-order valence-electron chi connectivity index (χ0n) is 11.6. The number of imide groups is 1. The minimum Gasteiger partial charge on any atom is -0.274 e. The molecule has 3 rings (SSSR count). The van der Waals surface area contributed by atoms with Crippen molar-refractivity contribution in [3.05, 3.63) is 30.3 Å². The fraction of sp³-hybridized carbons (Fsp3) is 0.467. The maximum Gasteiger partial charge on any atom is 0.252 e. The number of benzene rings is 1. The van der Waals surface area contributed by atoms with E-state index in [4.69, 9.17) is 0 Å². The number of nitrogens with zero attached hydrogens (tertiary/aromatic N) is 1. The number of rotatable bonds is 3. The average molecular weight is 307 g/mol. The van der Waals surface area contributed by atoms with E-state index in [9.17, 15) is 18.0 Å². The minimum atomic E-state index is -3.57. The van der Waals surface area contributed by atoms with Gasteiger partial charge in [0.05, 0.1) is 17.4 Å². The molecule has 0 bridgehead atoms. The molecule has 1 saturated carbocycles. The summed E-state index contributed by atoms with van der Waals surface area (Å²) in [6, 6.07) is 8.49. The molecule has 1 atom stereocenters. The maximum absolute atomic E-state index is 12.6. The highest BCUT2D eigenvalue weighted by Crippen LogP contribution is 2.33. The first-order chi connectivity index (χ1) is 10.0. The molecule has 1 aliphatic carbocycles. The van der Waals surface area contributed by atoms with Gasteiger partial charge in [-0.1, -0.05) is 31.0 Å². The van der Waals surface area contributed by atoms with Crippen molar-refractivity contribution in [1.82, 2.24) is 0 Å². The zero-order valence-corrected chi connectivity index (χ0v) is 12.4. The highest BCUT2D eigenvalue weighted by molar-refractivity contribution is 7.93.